The zero-order chi connectivity index (χ0) is 16.6. The first kappa shape index (κ1) is 15.9. The first-order chi connectivity index (χ1) is 10.9. The summed E-state index contributed by atoms with van der Waals surface area (Å²) in [6, 6.07) is 4.79. The first-order valence-electron chi connectivity index (χ1n) is 7.49. The van der Waals surface area contributed by atoms with Crippen molar-refractivity contribution in [3.05, 3.63) is 40.5 Å². The van der Waals surface area contributed by atoms with Crippen LogP contribution in [0.15, 0.2) is 35.2 Å². The van der Waals surface area contributed by atoms with Crippen LogP contribution in [0.1, 0.15) is 6.42 Å². The predicted octanol–water partition coefficient (Wildman–Crippen LogP) is 1.45. The number of nitro groups is 1. The number of benzene rings is 1. The predicted molar refractivity (Wildman–Crippen MR) is 87.5 cm³/mol. The summed E-state index contributed by atoms with van der Waals surface area (Å²) >= 11 is 0. The fourth-order valence-electron chi connectivity index (χ4n) is 3.21. The quantitative estimate of drug-likeness (QED) is 0.470. The summed E-state index contributed by atoms with van der Waals surface area (Å²) in [6.07, 6.45) is 6.31. The van der Waals surface area contributed by atoms with Gasteiger partial charge in [0.25, 0.3) is 5.69 Å². The third kappa shape index (κ3) is 3.23. The molecule has 8 heteroatoms. The molecule has 0 spiro atoms. The van der Waals surface area contributed by atoms with Crippen LogP contribution in [0.5, 0.6) is 0 Å². The number of nitro benzene ring substituents is 1. The summed E-state index contributed by atoms with van der Waals surface area (Å²) < 4.78 is 23.7. The molecule has 0 bridgehead atoms. The van der Waals surface area contributed by atoms with Gasteiger partial charge in [0.05, 0.1) is 4.92 Å². The Morgan fingerprint density at radius 2 is 1.96 bits per heavy atom. The van der Waals surface area contributed by atoms with E-state index in [2.05, 4.69) is 22.0 Å². The number of hydrogen-bond donors (Lipinski definition) is 0. The fraction of sp³-hybridized carbons (Fsp3) is 0.467. The fourth-order valence-corrected chi connectivity index (χ4v) is 4.07. The van der Waals surface area contributed by atoms with Crippen LogP contribution >= 0.6 is 0 Å². The average Bonchev–Trinajstić information content (AvgIpc) is 3.16. The Hall–Kier alpha value is -1.93. The van der Waals surface area contributed by atoms with Crippen LogP contribution in [0.3, 0.4) is 0 Å². The van der Waals surface area contributed by atoms with Gasteiger partial charge in [-0.2, -0.15) is 0 Å². The van der Waals surface area contributed by atoms with Gasteiger partial charge in [-0.15, -0.1) is 0 Å². The van der Waals surface area contributed by atoms with Crippen molar-refractivity contribution in [3.8, 4) is 0 Å². The molecule has 0 saturated carbocycles. The average molecular weight is 337 g/mol. The van der Waals surface area contributed by atoms with Gasteiger partial charge in [-0.1, -0.05) is 12.2 Å². The Balaban J connectivity index is 1.85. The SMILES string of the molecule is CS(=O)(=O)c1cc(N2CCC(N3CC=CC3)C2)ccc1[N+](=O)[O-]. The summed E-state index contributed by atoms with van der Waals surface area (Å²) in [5, 5.41) is 11.0. The number of nitrogens with zero attached hydrogens (tertiary/aromatic N) is 3. The highest BCUT2D eigenvalue weighted by Gasteiger charge is 2.30. The van der Waals surface area contributed by atoms with Gasteiger partial charge in [0.15, 0.2) is 9.84 Å². The van der Waals surface area contributed by atoms with Gasteiger partial charge >= 0.3 is 0 Å². The molecule has 2 heterocycles. The van der Waals surface area contributed by atoms with Crippen LogP contribution < -0.4 is 4.90 Å². The van der Waals surface area contributed by atoms with Crippen LogP contribution in [-0.4, -0.2) is 56.7 Å². The molecule has 23 heavy (non-hydrogen) atoms. The van der Waals surface area contributed by atoms with Gasteiger partial charge in [-0.05, 0) is 18.6 Å². The van der Waals surface area contributed by atoms with Crippen molar-refractivity contribution in [1.82, 2.24) is 4.90 Å². The Kier molecular flexibility index (Phi) is 4.11. The molecule has 1 saturated heterocycles. The highest BCUT2D eigenvalue weighted by atomic mass is 32.2. The molecular formula is C15H19N3O4S. The van der Waals surface area contributed by atoms with Gasteiger partial charge in [-0.25, -0.2) is 8.42 Å². The van der Waals surface area contributed by atoms with Crippen LogP contribution in [-0.2, 0) is 9.84 Å². The second-order valence-corrected chi connectivity index (χ2v) is 7.98. The standard InChI is InChI=1S/C15H19N3O4S/c1-23(21,22)15-10-12(4-5-14(15)18(19)20)17-9-6-13(11-17)16-7-2-3-8-16/h2-5,10,13H,6-9,11H2,1H3. The Morgan fingerprint density at radius 3 is 2.57 bits per heavy atom. The van der Waals surface area contributed by atoms with Gasteiger partial charge in [-0.3, -0.25) is 15.0 Å². The van der Waals surface area contributed by atoms with Crippen molar-refractivity contribution in [2.45, 2.75) is 17.4 Å². The van der Waals surface area contributed by atoms with E-state index >= 15 is 0 Å². The maximum absolute atomic E-state index is 11.9. The minimum atomic E-state index is -3.65. The minimum absolute atomic E-state index is 0.216. The van der Waals surface area contributed by atoms with E-state index < -0.39 is 14.8 Å². The normalized spacial score (nSPS) is 22.0. The summed E-state index contributed by atoms with van der Waals surface area (Å²) in [5.41, 5.74) is 0.362. The lowest BCUT2D eigenvalue weighted by atomic mass is 10.2. The molecule has 1 aromatic carbocycles. The second kappa shape index (κ2) is 5.93. The molecule has 7 nitrogen and oxygen atoms in total. The maximum atomic E-state index is 11.9. The molecular weight excluding hydrogens is 318 g/mol. The first-order valence-corrected chi connectivity index (χ1v) is 9.38. The summed E-state index contributed by atoms with van der Waals surface area (Å²) in [7, 11) is -3.65. The summed E-state index contributed by atoms with van der Waals surface area (Å²) in [4.78, 5) is 14.7. The van der Waals surface area contributed by atoms with Gasteiger partial charge in [0, 0.05) is 50.2 Å². The molecule has 1 fully saturated rings. The maximum Gasteiger partial charge on any atom is 0.288 e. The van der Waals surface area contributed by atoms with E-state index in [9.17, 15) is 18.5 Å². The molecule has 3 rings (SSSR count). The van der Waals surface area contributed by atoms with E-state index in [0.717, 1.165) is 44.5 Å². The molecule has 0 amide bonds. The van der Waals surface area contributed by atoms with Gasteiger partial charge in [0.1, 0.15) is 4.90 Å². The van der Waals surface area contributed by atoms with Crippen molar-refractivity contribution >= 4 is 21.2 Å². The Morgan fingerprint density at radius 1 is 1.26 bits per heavy atom. The van der Waals surface area contributed by atoms with Crippen LogP contribution in [0.4, 0.5) is 11.4 Å². The number of sulfone groups is 1. The van der Waals surface area contributed by atoms with E-state index in [1.165, 1.54) is 12.1 Å². The van der Waals surface area contributed by atoms with Crippen molar-refractivity contribution in [2.24, 2.45) is 0 Å². The summed E-state index contributed by atoms with van der Waals surface area (Å²) in [6.45, 7) is 3.53. The zero-order valence-electron chi connectivity index (χ0n) is 12.9. The van der Waals surface area contributed by atoms with Crippen molar-refractivity contribution in [3.63, 3.8) is 0 Å². The van der Waals surface area contributed by atoms with Crippen LogP contribution in [0.25, 0.3) is 0 Å². The third-order valence-corrected chi connectivity index (χ3v) is 5.56. The smallest absolute Gasteiger partial charge is 0.288 e. The lowest BCUT2D eigenvalue weighted by molar-refractivity contribution is -0.387. The number of anilines is 1. The molecule has 124 valence electrons. The molecule has 1 aromatic rings. The number of hydrogen-bond acceptors (Lipinski definition) is 6. The molecule has 2 aliphatic rings. The molecule has 1 unspecified atom stereocenters. The van der Waals surface area contributed by atoms with Gasteiger partial charge < -0.3 is 4.90 Å². The number of rotatable bonds is 4. The topological polar surface area (TPSA) is 83.8 Å². The lowest BCUT2D eigenvalue weighted by Gasteiger charge is -2.24. The minimum Gasteiger partial charge on any atom is -0.370 e. The van der Waals surface area contributed by atoms with E-state index in [0.29, 0.717) is 6.04 Å². The molecule has 1 atom stereocenters. The van der Waals surface area contributed by atoms with Crippen LogP contribution in [0.2, 0.25) is 0 Å². The largest absolute Gasteiger partial charge is 0.370 e. The van der Waals surface area contributed by atoms with Crippen LogP contribution in [0, 0.1) is 10.1 Å². The van der Waals surface area contributed by atoms with Crippen molar-refractivity contribution in [2.75, 3.05) is 37.3 Å². The Labute approximate surface area is 135 Å². The monoisotopic (exact) mass is 337 g/mol. The molecule has 2 aliphatic heterocycles. The molecule has 0 aliphatic carbocycles. The van der Waals surface area contributed by atoms with Crippen molar-refractivity contribution < 1.29 is 13.3 Å². The van der Waals surface area contributed by atoms with E-state index in [4.69, 9.17) is 0 Å². The lowest BCUT2D eigenvalue weighted by Crippen LogP contribution is -2.35. The third-order valence-electron chi connectivity index (χ3n) is 4.43. The van der Waals surface area contributed by atoms with Crippen molar-refractivity contribution in [1.29, 1.82) is 0 Å². The molecule has 0 N–H and O–H groups in total. The van der Waals surface area contributed by atoms with Gasteiger partial charge in [0.2, 0.25) is 0 Å². The van der Waals surface area contributed by atoms with E-state index in [-0.39, 0.29) is 10.6 Å². The van der Waals surface area contributed by atoms with E-state index in [1.807, 2.05) is 0 Å². The van der Waals surface area contributed by atoms with E-state index in [1.54, 1.807) is 6.07 Å². The molecule has 0 aromatic heterocycles. The zero-order valence-corrected chi connectivity index (χ0v) is 13.7. The Bertz CT molecular complexity index is 752. The highest BCUT2D eigenvalue weighted by Crippen LogP contribution is 2.31. The molecule has 0 radical (unpaired) electrons. The second-order valence-electron chi connectivity index (χ2n) is 6.00. The summed E-state index contributed by atoms with van der Waals surface area (Å²) in [5.74, 6) is 0. The highest BCUT2D eigenvalue weighted by molar-refractivity contribution is 7.90.